The van der Waals surface area contributed by atoms with Gasteiger partial charge in [0.15, 0.2) is 0 Å². The highest BCUT2D eigenvalue weighted by Gasteiger charge is 2.48. The van der Waals surface area contributed by atoms with E-state index in [2.05, 4.69) is 13.5 Å². The first-order chi connectivity index (χ1) is 9.56. The predicted molar refractivity (Wildman–Crippen MR) is 80.1 cm³/mol. The van der Waals surface area contributed by atoms with Gasteiger partial charge in [0, 0.05) is 5.57 Å². The lowest BCUT2D eigenvalue weighted by Gasteiger charge is -2.55. The number of methoxy groups -OCH3 is 1. The van der Waals surface area contributed by atoms with E-state index in [4.69, 9.17) is 4.74 Å². The van der Waals surface area contributed by atoms with Gasteiger partial charge in [0.2, 0.25) is 0 Å². The molecule has 0 heterocycles. The van der Waals surface area contributed by atoms with E-state index >= 15 is 0 Å². The van der Waals surface area contributed by atoms with E-state index in [1.54, 1.807) is 0 Å². The summed E-state index contributed by atoms with van der Waals surface area (Å²) < 4.78 is 4.76. The molecule has 2 nitrogen and oxygen atoms in total. The van der Waals surface area contributed by atoms with E-state index in [1.165, 1.54) is 45.6 Å². The van der Waals surface area contributed by atoms with Crippen molar-refractivity contribution in [1.82, 2.24) is 0 Å². The van der Waals surface area contributed by atoms with Crippen LogP contribution in [0.3, 0.4) is 0 Å². The van der Waals surface area contributed by atoms with Crippen LogP contribution in [0.5, 0.6) is 0 Å². The fourth-order valence-corrected chi connectivity index (χ4v) is 5.62. The van der Waals surface area contributed by atoms with E-state index < -0.39 is 0 Å². The Hall–Kier alpha value is -0.790. The van der Waals surface area contributed by atoms with E-state index in [-0.39, 0.29) is 5.97 Å². The Kier molecular flexibility index (Phi) is 3.92. The van der Waals surface area contributed by atoms with Gasteiger partial charge in [-0.1, -0.05) is 13.5 Å². The van der Waals surface area contributed by atoms with Crippen molar-refractivity contribution in [2.24, 2.45) is 35.5 Å². The molecule has 0 radical (unpaired) electrons. The van der Waals surface area contributed by atoms with Crippen LogP contribution >= 0.6 is 0 Å². The topological polar surface area (TPSA) is 26.3 Å². The molecule has 1 atom stereocenters. The maximum atomic E-state index is 11.5. The fraction of sp³-hybridized carbons (Fsp3) is 0.833. The molecule has 4 aliphatic rings. The summed E-state index contributed by atoms with van der Waals surface area (Å²) in [5.41, 5.74) is 0.642. The smallest absolute Gasteiger partial charge is 0.333 e. The summed E-state index contributed by atoms with van der Waals surface area (Å²) in [7, 11) is 1.44. The summed E-state index contributed by atoms with van der Waals surface area (Å²) in [5, 5.41) is 0. The molecular weight excluding hydrogens is 248 g/mol. The predicted octanol–water partition coefficient (Wildman–Crippen LogP) is 4.20. The zero-order chi connectivity index (χ0) is 14.3. The zero-order valence-electron chi connectivity index (χ0n) is 12.9. The van der Waals surface area contributed by atoms with Gasteiger partial charge >= 0.3 is 5.97 Å². The lowest BCUT2D eigenvalue weighted by atomic mass is 9.51. The molecule has 1 unspecified atom stereocenters. The number of esters is 1. The van der Waals surface area contributed by atoms with Gasteiger partial charge in [-0.15, -0.1) is 0 Å². The summed E-state index contributed by atoms with van der Waals surface area (Å²) in [4.78, 5) is 11.5. The molecule has 4 aliphatic carbocycles. The maximum Gasteiger partial charge on any atom is 0.333 e. The quantitative estimate of drug-likeness (QED) is 0.555. The molecule has 4 saturated carbocycles. The number of ether oxygens (including phenoxy) is 1. The molecule has 20 heavy (non-hydrogen) atoms. The van der Waals surface area contributed by atoms with Crippen molar-refractivity contribution in [1.29, 1.82) is 0 Å². The van der Waals surface area contributed by atoms with Crippen molar-refractivity contribution in [3.8, 4) is 0 Å². The standard InChI is InChI=1S/C18H28O2/c1-11(4-12(2)18(19)20-3)5-17-15-7-13-6-14(9-15)10-16(17)8-13/h11,13-17H,2,4-10H2,1,3H3. The summed E-state index contributed by atoms with van der Waals surface area (Å²) in [5.74, 6) is 5.32. The molecule has 4 bridgehead atoms. The van der Waals surface area contributed by atoms with Gasteiger partial charge in [-0.2, -0.15) is 0 Å². The summed E-state index contributed by atoms with van der Waals surface area (Å²) in [6.07, 6.45) is 9.56. The van der Waals surface area contributed by atoms with Gasteiger partial charge in [0.1, 0.15) is 0 Å². The van der Waals surface area contributed by atoms with Crippen molar-refractivity contribution in [3.05, 3.63) is 12.2 Å². The second-order valence-electron chi connectivity index (χ2n) is 7.73. The van der Waals surface area contributed by atoms with Gasteiger partial charge < -0.3 is 4.74 Å². The molecule has 112 valence electrons. The Morgan fingerprint density at radius 2 is 1.70 bits per heavy atom. The maximum absolute atomic E-state index is 11.5. The van der Waals surface area contributed by atoms with E-state index in [0.717, 1.165) is 36.0 Å². The van der Waals surface area contributed by atoms with Crippen molar-refractivity contribution >= 4 is 5.97 Å². The highest BCUT2D eigenvalue weighted by atomic mass is 16.5. The molecule has 0 aliphatic heterocycles. The molecule has 2 heteroatoms. The molecule has 0 N–H and O–H groups in total. The summed E-state index contributed by atoms with van der Waals surface area (Å²) in [6.45, 7) is 6.15. The first-order valence-electron chi connectivity index (χ1n) is 8.32. The minimum absolute atomic E-state index is 0.234. The molecule has 0 aromatic rings. The summed E-state index contributed by atoms with van der Waals surface area (Å²) >= 11 is 0. The second-order valence-corrected chi connectivity index (χ2v) is 7.73. The monoisotopic (exact) mass is 276 g/mol. The molecule has 0 amide bonds. The molecule has 0 spiro atoms. The molecule has 0 aromatic heterocycles. The van der Waals surface area contributed by atoms with Crippen LogP contribution in [0, 0.1) is 35.5 Å². The molecule has 4 rings (SSSR count). The Bertz CT molecular complexity index is 370. The van der Waals surface area contributed by atoms with E-state index in [1.807, 2.05) is 0 Å². The van der Waals surface area contributed by atoms with Crippen molar-refractivity contribution in [3.63, 3.8) is 0 Å². The number of hydrogen-bond donors (Lipinski definition) is 0. The van der Waals surface area contributed by atoms with Crippen LogP contribution in [-0.2, 0) is 9.53 Å². The summed E-state index contributed by atoms with van der Waals surface area (Å²) in [6, 6.07) is 0. The molecule has 0 saturated heterocycles. The Morgan fingerprint density at radius 3 is 2.20 bits per heavy atom. The first-order valence-corrected chi connectivity index (χ1v) is 8.32. The van der Waals surface area contributed by atoms with Gasteiger partial charge in [0.05, 0.1) is 7.11 Å². The van der Waals surface area contributed by atoms with Crippen LogP contribution in [0.2, 0.25) is 0 Å². The van der Waals surface area contributed by atoms with Crippen LogP contribution in [0.1, 0.15) is 51.9 Å². The van der Waals surface area contributed by atoms with E-state index in [9.17, 15) is 4.79 Å². The number of rotatable bonds is 5. The highest BCUT2D eigenvalue weighted by Crippen LogP contribution is 2.58. The average Bonchev–Trinajstić information content (AvgIpc) is 2.41. The van der Waals surface area contributed by atoms with Gasteiger partial charge in [-0.25, -0.2) is 4.79 Å². The first kappa shape index (κ1) is 14.2. The lowest BCUT2D eigenvalue weighted by molar-refractivity contribution is -0.136. The van der Waals surface area contributed by atoms with Gasteiger partial charge in [0.25, 0.3) is 0 Å². The number of carbonyl (C=O) groups excluding carboxylic acids is 1. The fourth-order valence-electron chi connectivity index (χ4n) is 5.62. The van der Waals surface area contributed by atoms with Crippen molar-refractivity contribution in [2.75, 3.05) is 7.11 Å². The van der Waals surface area contributed by atoms with Crippen LogP contribution < -0.4 is 0 Å². The average molecular weight is 276 g/mol. The number of hydrogen-bond acceptors (Lipinski definition) is 2. The third-order valence-corrected chi connectivity index (χ3v) is 6.17. The molecular formula is C18H28O2. The SMILES string of the molecule is C=C(CC(C)CC1C2CC3CC(C2)CC1C3)C(=O)OC. The van der Waals surface area contributed by atoms with E-state index in [0.29, 0.717) is 11.5 Å². The van der Waals surface area contributed by atoms with Crippen LogP contribution in [0.25, 0.3) is 0 Å². The van der Waals surface area contributed by atoms with Crippen LogP contribution in [-0.4, -0.2) is 13.1 Å². The normalized spacial score (nSPS) is 39.6. The zero-order valence-corrected chi connectivity index (χ0v) is 12.9. The Labute approximate surface area is 123 Å². The van der Waals surface area contributed by atoms with Gasteiger partial charge in [-0.3, -0.25) is 0 Å². The second kappa shape index (κ2) is 5.54. The lowest BCUT2D eigenvalue weighted by Crippen LogP contribution is -2.45. The third kappa shape index (κ3) is 2.66. The number of carbonyl (C=O) groups is 1. The Balaban J connectivity index is 1.55. The van der Waals surface area contributed by atoms with Crippen molar-refractivity contribution < 1.29 is 9.53 Å². The minimum Gasteiger partial charge on any atom is -0.466 e. The largest absolute Gasteiger partial charge is 0.466 e. The van der Waals surface area contributed by atoms with Gasteiger partial charge in [-0.05, 0) is 80.5 Å². The minimum atomic E-state index is -0.234. The van der Waals surface area contributed by atoms with Crippen molar-refractivity contribution in [2.45, 2.75) is 51.9 Å². The molecule has 4 fully saturated rings. The highest BCUT2D eigenvalue weighted by molar-refractivity contribution is 5.87. The third-order valence-electron chi connectivity index (χ3n) is 6.17. The van der Waals surface area contributed by atoms with Crippen LogP contribution in [0.15, 0.2) is 12.2 Å². The van der Waals surface area contributed by atoms with Crippen LogP contribution in [0.4, 0.5) is 0 Å². The molecule has 0 aromatic carbocycles. The Morgan fingerprint density at radius 1 is 1.15 bits per heavy atom.